The van der Waals surface area contributed by atoms with Gasteiger partial charge in [-0.05, 0) is 30.7 Å². The number of hydrogen-bond donors (Lipinski definition) is 1. The minimum atomic E-state index is -3.46. The van der Waals surface area contributed by atoms with Crippen molar-refractivity contribution in [3.63, 3.8) is 0 Å². The summed E-state index contributed by atoms with van der Waals surface area (Å²) in [6.45, 7) is 8.34. The molecule has 1 aromatic heterocycles. The van der Waals surface area contributed by atoms with Crippen molar-refractivity contribution in [1.29, 1.82) is 0 Å². The summed E-state index contributed by atoms with van der Waals surface area (Å²) < 4.78 is 41.4. The zero-order valence-electron chi connectivity index (χ0n) is 18.0. The van der Waals surface area contributed by atoms with Gasteiger partial charge in [-0.15, -0.1) is 0 Å². The molecule has 0 fully saturated rings. The van der Waals surface area contributed by atoms with Gasteiger partial charge < -0.3 is 5.73 Å². The zero-order chi connectivity index (χ0) is 22.0. The highest BCUT2D eigenvalue weighted by Gasteiger charge is 2.25. The Kier molecular flexibility index (Phi) is 7.03. The second-order valence-electron chi connectivity index (χ2n) is 8.32. The molecule has 0 atom stereocenters. The van der Waals surface area contributed by atoms with Crippen molar-refractivity contribution in [3.8, 4) is 0 Å². The van der Waals surface area contributed by atoms with Crippen molar-refractivity contribution < 1.29 is 12.8 Å². The molecule has 0 unspecified atom stereocenters. The first-order chi connectivity index (χ1) is 13.4. The first-order valence-electron chi connectivity index (χ1n) is 9.50. The van der Waals surface area contributed by atoms with Crippen LogP contribution < -0.4 is 5.73 Å². The lowest BCUT2D eigenvalue weighted by Gasteiger charge is -2.18. The normalized spacial score (nSPS) is 13.3. The molecule has 1 aromatic carbocycles. The standard InChI is InChI=1S/C21H31FN4O2S/c1-15-19(13-16-7-9-18(10-8-16)29(27,28)25(5)6)20(21(2,3)4)24-26(15)14-17(22)11-12-23/h7-11H,12-14,23H2,1-6H3/b17-11-. The number of sulfonamides is 1. The van der Waals surface area contributed by atoms with Crippen LogP contribution in [0.1, 0.15) is 43.3 Å². The summed E-state index contributed by atoms with van der Waals surface area (Å²) in [5.74, 6) is -0.316. The molecule has 0 bridgehead atoms. The number of hydrogen-bond acceptors (Lipinski definition) is 4. The molecule has 0 aliphatic rings. The molecule has 1 heterocycles. The predicted octanol–water partition coefficient (Wildman–Crippen LogP) is 3.14. The lowest BCUT2D eigenvalue weighted by atomic mass is 9.87. The van der Waals surface area contributed by atoms with E-state index in [0.29, 0.717) is 6.42 Å². The summed E-state index contributed by atoms with van der Waals surface area (Å²) in [5.41, 5.74) is 8.97. The van der Waals surface area contributed by atoms with E-state index in [9.17, 15) is 12.8 Å². The fourth-order valence-corrected chi connectivity index (χ4v) is 3.98. The van der Waals surface area contributed by atoms with Crippen LogP contribution in [0.5, 0.6) is 0 Å². The van der Waals surface area contributed by atoms with Crippen LogP contribution in [-0.4, -0.2) is 43.1 Å². The van der Waals surface area contributed by atoms with Crippen LogP contribution >= 0.6 is 0 Å². The van der Waals surface area contributed by atoms with Gasteiger partial charge in [-0.1, -0.05) is 32.9 Å². The Bertz CT molecular complexity index is 985. The molecule has 0 aliphatic carbocycles. The molecule has 0 spiro atoms. The Balaban J connectivity index is 2.41. The molecule has 2 N–H and O–H groups in total. The Morgan fingerprint density at radius 1 is 1.24 bits per heavy atom. The highest BCUT2D eigenvalue weighted by molar-refractivity contribution is 7.89. The molecule has 0 aliphatic heterocycles. The molecule has 6 nitrogen and oxygen atoms in total. The fourth-order valence-electron chi connectivity index (χ4n) is 3.08. The average Bonchev–Trinajstić information content (AvgIpc) is 2.92. The summed E-state index contributed by atoms with van der Waals surface area (Å²) in [6.07, 6.45) is 1.93. The number of rotatable bonds is 7. The third kappa shape index (κ3) is 5.32. The van der Waals surface area contributed by atoms with Crippen molar-refractivity contribution in [2.24, 2.45) is 5.73 Å². The van der Waals surface area contributed by atoms with E-state index in [-0.39, 0.29) is 29.2 Å². The SMILES string of the molecule is Cc1c(Cc2ccc(S(=O)(=O)N(C)C)cc2)c(C(C)(C)C)nn1C/C(F)=C/CN. The van der Waals surface area contributed by atoms with Gasteiger partial charge in [0.05, 0.1) is 17.1 Å². The Morgan fingerprint density at radius 2 is 1.83 bits per heavy atom. The molecule has 0 amide bonds. The van der Waals surface area contributed by atoms with E-state index in [4.69, 9.17) is 5.73 Å². The van der Waals surface area contributed by atoms with Crippen molar-refractivity contribution in [3.05, 3.63) is 58.7 Å². The maximum Gasteiger partial charge on any atom is 0.242 e. The molecular formula is C21H31FN4O2S. The quantitative estimate of drug-likeness (QED) is 0.743. The van der Waals surface area contributed by atoms with E-state index < -0.39 is 10.0 Å². The highest BCUT2D eigenvalue weighted by Crippen LogP contribution is 2.29. The summed E-state index contributed by atoms with van der Waals surface area (Å²) >= 11 is 0. The topological polar surface area (TPSA) is 81.2 Å². The van der Waals surface area contributed by atoms with E-state index in [1.807, 2.05) is 19.1 Å². The van der Waals surface area contributed by atoms with Crippen LogP contribution in [0.3, 0.4) is 0 Å². The highest BCUT2D eigenvalue weighted by atomic mass is 32.2. The van der Waals surface area contributed by atoms with Crippen LogP contribution in [0.15, 0.2) is 41.1 Å². The lowest BCUT2D eigenvalue weighted by Crippen LogP contribution is -2.22. The minimum Gasteiger partial charge on any atom is -0.327 e. The number of nitrogens with zero attached hydrogens (tertiary/aromatic N) is 3. The van der Waals surface area contributed by atoms with E-state index in [1.54, 1.807) is 16.8 Å². The van der Waals surface area contributed by atoms with Crippen LogP contribution in [-0.2, 0) is 28.4 Å². The third-order valence-electron chi connectivity index (χ3n) is 4.76. The number of nitrogens with two attached hydrogens (primary N) is 1. The van der Waals surface area contributed by atoms with Gasteiger partial charge in [-0.25, -0.2) is 17.1 Å². The number of allylic oxidation sites excluding steroid dienone is 1. The van der Waals surface area contributed by atoms with E-state index in [2.05, 4.69) is 25.9 Å². The molecule has 8 heteroatoms. The van der Waals surface area contributed by atoms with Crippen molar-refractivity contribution >= 4 is 10.0 Å². The molecule has 0 saturated heterocycles. The Labute approximate surface area is 173 Å². The largest absolute Gasteiger partial charge is 0.327 e. The van der Waals surface area contributed by atoms with Crippen LogP contribution in [0, 0.1) is 6.92 Å². The van der Waals surface area contributed by atoms with Crippen molar-refractivity contribution in [2.75, 3.05) is 20.6 Å². The number of benzene rings is 1. The summed E-state index contributed by atoms with van der Waals surface area (Å²) in [7, 11) is -0.445. The van der Waals surface area contributed by atoms with Gasteiger partial charge >= 0.3 is 0 Å². The molecule has 160 valence electrons. The zero-order valence-corrected chi connectivity index (χ0v) is 18.8. The van der Waals surface area contributed by atoms with Crippen molar-refractivity contribution in [2.45, 2.75) is 51.0 Å². The van der Waals surface area contributed by atoms with Crippen molar-refractivity contribution in [1.82, 2.24) is 14.1 Å². The second-order valence-corrected chi connectivity index (χ2v) is 10.5. The van der Waals surface area contributed by atoms with Gasteiger partial charge in [0.1, 0.15) is 5.83 Å². The average molecular weight is 423 g/mol. The lowest BCUT2D eigenvalue weighted by molar-refractivity contribution is 0.497. The van der Waals surface area contributed by atoms with E-state index in [1.165, 1.54) is 24.5 Å². The summed E-state index contributed by atoms with van der Waals surface area (Å²) in [6, 6.07) is 6.86. The van der Waals surface area contributed by atoms with Crippen LogP contribution in [0.25, 0.3) is 0 Å². The van der Waals surface area contributed by atoms with Crippen LogP contribution in [0.4, 0.5) is 4.39 Å². The van der Waals surface area contributed by atoms with E-state index >= 15 is 0 Å². The predicted molar refractivity (Wildman–Crippen MR) is 114 cm³/mol. The second kappa shape index (κ2) is 8.77. The summed E-state index contributed by atoms with van der Waals surface area (Å²) in [5, 5.41) is 4.67. The monoisotopic (exact) mass is 422 g/mol. The van der Waals surface area contributed by atoms with Gasteiger partial charge in [-0.2, -0.15) is 5.10 Å². The fraction of sp³-hybridized carbons (Fsp3) is 0.476. The summed E-state index contributed by atoms with van der Waals surface area (Å²) in [4.78, 5) is 0.253. The van der Waals surface area contributed by atoms with Gasteiger partial charge in [0.2, 0.25) is 10.0 Å². The number of aromatic nitrogens is 2. The molecule has 0 saturated carbocycles. The molecular weight excluding hydrogens is 391 g/mol. The first-order valence-corrected chi connectivity index (χ1v) is 10.9. The molecule has 29 heavy (non-hydrogen) atoms. The van der Waals surface area contributed by atoms with Gasteiger partial charge in [0.15, 0.2) is 0 Å². The maximum atomic E-state index is 14.0. The first kappa shape index (κ1) is 23.3. The van der Waals surface area contributed by atoms with Gasteiger partial charge in [0, 0.05) is 43.7 Å². The molecule has 0 radical (unpaired) electrons. The number of halogens is 1. The van der Waals surface area contributed by atoms with E-state index in [0.717, 1.165) is 22.5 Å². The van der Waals surface area contributed by atoms with Gasteiger partial charge in [-0.3, -0.25) is 4.68 Å². The molecule has 2 aromatic rings. The minimum absolute atomic E-state index is 0.0477. The maximum absolute atomic E-state index is 14.0. The van der Waals surface area contributed by atoms with Crippen LogP contribution in [0.2, 0.25) is 0 Å². The Hall–Kier alpha value is -2.03. The molecule has 2 rings (SSSR count). The Morgan fingerprint density at radius 3 is 2.31 bits per heavy atom. The third-order valence-corrected chi connectivity index (χ3v) is 6.59. The smallest absolute Gasteiger partial charge is 0.242 e. The van der Waals surface area contributed by atoms with Gasteiger partial charge in [0.25, 0.3) is 0 Å².